The average molecular weight is 473 g/mol. The van der Waals surface area contributed by atoms with Gasteiger partial charge >= 0.3 is 5.97 Å². The van der Waals surface area contributed by atoms with Crippen LogP contribution in [-0.4, -0.2) is 58.0 Å². The fourth-order valence-corrected chi connectivity index (χ4v) is 6.57. The van der Waals surface area contributed by atoms with Gasteiger partial charge in [0.1, 0.15) is 11.9 Å². The van der Waals surface area contributed by atoms with Crippen molar-refractivity contribution < 1.29 is 19.7 Å². The van der Waals surface area contributed by atoms with Gasteiger partial charge < -0.3 is 20.7 Å². The second kappa shape index (κ2) is 9.79. The number of aliphatic hydroxyl groups is 1. The number of hydrogen-bond donors (Lipinski definition) is 3. The molecule has 5 atom stereocenters. The van der Waals surface area contributed by atoms with E-state index in [4.69, 9.17) is 10.5 Å². The topological polar surface area (TPSA) is 96.0 Å². The Morgan fingerprint density at radius 1 is 1.29 bits per heavy atom. The van der Waals surface area contributed by atoms with Crippen molar-refractivity contribution in [3.8, 4) is 5.75 Å². The van der Waals surface area contributed by atoms with Crippen LogP contribution < -0.4 is 5.73 Å². The van der Waals surface area contributed by atoms with E-state index in [1.54, 1.807) is 6.07 Å². The number of ether oxygens (including phenoxy) is 1. The van der Waals surface area contributed by atoms with E-state index in [9.17, 15) is 15.0 Å². The number of aromatic hydroxyl groups is 1. The molecule has 6 nitrogen and oxygen atoms in total. The predicted molar refractivity (Wildman–Crippen MR) is 134 cm³/mol. The molecule has 0 amide bonds. The number of hydrogen-bond acceptors (Lipinski definition) is 6. The first-order valence-corrected chi connectivity index (χ1v) is 13.3. The Morgan fingerprint density at radius 3 is 2.71 bits per heavy atom. The van der Waals surface area contributed by atoms with Gasteiger partial charge in [0.2, 0.25) is 0 Å². The number of aryl methyl sites for hydroxylation is 1. The average Bonchev–Trinajstić information content (AvgIpc) is 3.58. The zero-order chi connectivity index (χ0) is 24.7. The zero-order valence-electron chi connectivity index (χ0n) is 21.4. The first kappa shape index (κ1) is 25.5. The highest BCUT2D eigenvalue weighted by atomic mass is 16.5. The van der Waals surface area contributed by atoms with Crippen LogP contribution in [-0.2, 0) is 14.9 Å². The first-order chi connectivity index (χ1) is 16.1. The van der Waals surface area contributed by atoms with Crippen molar-refractivity contribution >= 4 is 5.97 Å². The van der Waals surface area contributed by atoms with Gasteiger partial charge in [-0.05, 0) is 94.0 Å². The minimum absolute atomic E-state index is 0.0719. The Balaban J connectivity index is 1.64. The summed E-state index contributed by atoms with van der Waals surface area (Å²) >= 11 is 0. The number of carbonyl (C=O) groups is 1. The third kappa shape index (κ3) is 4.87. The quantitative estimate of drug-likeness (QED) is 0.494. The molecule has 1 aromatic carbocycles. The molecule has 3 aliphatic rings. The van der Waals surface area contributed by atoms with Gasteiger partial charge in [-0.15, -0.1) is 0 Å². The van der Waals surface area contributed by atoms with Crippen LogP contribution in [0.25, 0.3) is 0 Å². The Hall–Kier alpha value is -1.63. The number of esters is 1. The van der Waals surface area contributed by atoms with Crippen molar-refractivity contribution in [2.75, 3.05) is 13.1 Å². The molecule has 34 heavy (non-hydrogen) atoms. The molecule has 1 aromatic rings. The van der Waals surface area contributed by atoms with E-state index in [0.29, 0.717) is 25.2 Å². The number of likely N-dealkylation sites (tertiary alicyclic amines) is 1. The van der Waals surface area contributed by atoms with Crippen LogP contribution in [0.15, 0.2) is 18.2 Å². The third-order valence-electron chi connectivity index (χ3n) is 8.84. The number of phenolic OH excluding ortho intramolecular Hbond substituents is 1. The van der Waals surface area contributed by atoms with Crippen LogP contribution in [0, 0.1) is 18.8 Å². The largest absolute Gasteiger partial charge is 0.508 e. The SMILES string of the molecule is Cc1ccc(O)cc1[C@]12CCN(CC3CC3)C(C)C1(O)C[C@H](N)[C@H](OC(=O)CCCC(C)C)C2. The molecule has 1 saturated heterocycles. The summed E-state index contributed by atoms with van der Waals surface area (Å²) in [7, 11) is 0. The third-order valence-corrected chi connectivity index (χ3v) is 8.84. The molecule has 4 rings (SSSR count). The lowest BCUT2D eigenvalue weighted by Gasteiger charge is -2.62. The lowest BCUT2D eigenvalue weighted by molar-refractivity contribution is -0.189. The van der Waals surface area contributed by atoms with Crippen molar-refractivity contribution in [2.45, 2.75) is 108 Å². The van der Waals surface area contributed by atoms with Crippen molar-refractivity contribution in [3.05, 3.63) is 29.3 Å². The lowest BCUT2D eigenvalue weighted by Crippen LogP contribution is -2.73. The Bertz CT molecular complexity index is 885. The van der Waals surface area contributed by atoms with Crippen molar-refractivity contribution in [1.82, 2.24) is 4.90 Å². The van der Waals surface area contributed by atoms with Gasteiger partial charge in [0.05, 0.1) is 5.60 Å². The minimum atomic E-state index is -1.07. The first-order valence-electron chi connectivity index (χ1n) is 13.3. The van der Waals surface area contributed by atoms with Crippen molar-refractivity contribution in [2.24, 2.45) is 17.6 Å². The summed E-state index contributed by atoms with van der Waals surface area (Å²) in [4.78, 5) is 15.1. The van der Waals surface area contributed by atoms with Crippen LogP contribution >= 0.6 is 0 Å². The van der Waals surface area contributed by atoms with Crippen LogP contribution in [0.1, 0.15) is 83.3 Å². The van der Waals surface area contributed by atoms with Crippen LogP contribution in [0.4, 0.5) is 0 Å². The normalized spacial score (nSPS) is 34.1. The molecular formula is C28H44N2O4. The van der Waals surface area contributed by atoms with E-state index < -0.39 is 23.2 Å². The maximum Gasteiger partial charge on any atom is 0.306 e. The second-order valence-corrected chi connectivity index (χ2v) is 11.8. The number of rotatable bonds is 8. The van der Waals surface area contributed by atoms with Gasteiger partial charge in [-0.2, -0.15) is 0 Å². The standard InChI is InChI=1S/C28H44N2O4/c1-18(2)6-5-7-26(32)34-25-16-27(23-14-22(31)11-8-19(23)3)12-13-30(17-21-9-10-21)20(4)28(27,33)15-24(25)29/h8,11,14,18,20-21,24-25,31,33H,5-7,9-10,12-13,15-17,29H2,1-4H3/t20?,24-,25+,27+,28?/m0/s1. The zero-order valence-corrected chi connectivity index (χ0v) is 21.4. The van der Waals surface area contributed by atoms with Gasteiger partial charge in [-0.25, -0.2) is 0 Å². The van der Waals surface area contributed by atoms with E-state index in [1.165, 1.54) is 12.8 Å². The lowest BCUT2D eigenvalue weighted by atomic mass is 9.52. The van der Waals surface area contributed by atoms with Gasteiger partial charge in [0, 0.05) is 30.5 Å². The molecule has 1 aliphatic heterocycles. The predicted octanol–water partition coefficient (Wildman–Crippen LogP) is 4.03. The van der Waals surface area contributed by atoms with Crippen LogP contribution in [0.2, 0.25) is 0 Å². The number of fused-ring (bicyclic) bond motifs is 1. The molecule has 0 spiro atoms. The number of carbonyl (C=O) groups excluding carboxylic acids is 1. The summed E-state index contributed by atoms with van der Waals surface area (Å²) < 4.78 is 5.98. The smallest absolute Gasteiger partial charge is 0.306 e. The molecule has 4 N–H and O–H groups in total. The summed E-state index contributed by atoms with van der Waals surface area (Å²) in [5, 5.41) is 22.9. The Morgan fingerprint density at radius 2 is 2.03 bits per heavy atom. The van der Waals surface area contributed by atoms with E-state index in [1.807, 2.05) is 19.1 Å². The highest BCUT2D eigenvalue weighted by Crippen LogP contribution is 2.55. The van der Waals surface area contributed by atoms with Gasteiger partial charge in [0.15, 0.2) is 0 Å². The van der Waals surface area contributed by atoms with Crippen molar-refractivity contribution in [3.63, 3.8) is 0 Å². The van der Waals surface area contributed by atoms with Gasteiger partial charge in [-0.3, -0.25) is 9.69 Å². The Kier molecular flexibility index (Phi) is 7.33. The summed E-state index contributed by atoms with van der Waals surface area (Å²) in [5.74, 6) is 1.29. The molecule has 2 saturated carbocycles. The summed E-state index contributed by atoms with van der Waals surface area (Å²) in [6.07, 6.45) is 5.89. The van der Waals surface area contributed by atoms with E-state index in [0.717, 1.165) is 49.4 Å². The monoisotopic (exact) mass is 472 g/mol. The fraction of sp³-hybridized carbons (Fsp3) is 0.750. The summed E-state index contributed by atoms with van der Waals surface area (Å²) in [6, 6.07) is 4.93. The Labute approximate surface area is 204 Å². The number of benzene rings is 1. The van der Waals surface area contributed by atoms with E-state index in [2.05, 4.69) is 25.7 Å². The number of phenols is 1. The number of piperidine rings is 1. The maximum atomic E-state index is 12.7. The highest BCUT2D eigenvalue weighted by molar-refractivity contribution is 5.69. The highest BCUT2D eigenvalue weighted by Gasteiger charge is 2.63. The molecule has 2 aliphatic carbocycles. The van der Waals surface area contributed by atoms with Crippen LogP contribution in [0.3, 0.4) is 0 Å². The summed E-state index contributed by atoms with van der Waals surface area (Å²) in [6.45, 7) is 10.4. The molecular weight excluding hydrogens is 428 g/mol. The maximum absolute atomic E-state index is 12.7. The van der Waals surface area contributed by atoms with E-state index in [-0.39, 0.29) is 17.8 Å². The summed E-state index contributed by atoms with van der Waals surface area (Å²) in [5.41, 5.74) is 6.91. The van der Waals surface area contributed by atoms with E-state index >= 15 is 0 Å². The molecule has 0 radical (unpaired) electrons. The van der Waals surface area contributed by atoms with Crippen LogP contribution in [0.5, 0.6) is 5.75 Å². The minimum Gasteiger partial charge on any atom is -0.508 e. The fourth-order valence-electron chi connectivity index (χ4n) is 6.57. The molecule has 1 heterocycles. The molecule has 6 heteroatoms. The van der Waals surface area contributed by atoms with Gasteiger partial charge in [0.25, 0.3) is 0 Å². The molecule has 190 valence electrons. The number of nitrogens with zero attached hydrogens (tertiary/aromatic N) is 1. The van der Waals surface area contributed by atoms with Crippen molar-refractivity contribution in [1.29, 1.82) is 0 Å². The number of nitrogens with two attached hydrogens (primary N) is 1. The molecule has 0 aromatic heterocycles. The molecule has 3 fully saturated rings. The molecule has 0 bridgehead atoms. The van der Waals surface area contributed by atoms with Gasteiger partial charge in [-0.1, -0.05) is 26.3 Å². The molecule has 2 unspecified atom stereocenters. The second-order valence-electron chi connectivity index (χ2n) is 11.8.